The van der Waals surface area contributed by atoms with Gasteiger partial charge in [0.2, 0.25) is 0 Å². The van der Waals surface area contributed by atoms with Crippen molar-refractivity contribution < 1.29 is 4.42 Å². The zero-order valence-electron chi connectivity index (χ0n) is 8.21. The molecular formula is C11H9N3O. The number of aryl methyl sites for hydroxylation is 1. The lowest BCUT2D eigenvalue weighted by molar-refractivity contribution is 0.480. The SMILES string of the molecule is Cc1ccc(C(C#N)c2cnccn2)o1. The Kier molecular flexibility index (Phi) is 2.46. The summed E-state index contributed by atoms with van der Waals surface area (Å²) in [6.45, 7) is 1.84. The number of furan rings is 1. The first-order valence-corrected chi connectivity index (χ1v) is 4.53. The van der Waals surface area contributed by atoms with Crippen LogP contribution in [0.25, 0.3) is 0 Å². The molecule has 2 aromatic rings. The topological polar surface area (TPSA) is 62.7 Å². The monoisotopic (exact) mass is 199 g/mol. The average Bonchev–Trinajstić information content (AvgIpc) is 2.68. The van der Waals surface area contributed by atoms with Gasteiger partial charge in [0.25, 0.3) is 0 Å². The van der Waals surface area contributed by atoms with Crippen LogP contribution in [-0.4, -0.2) is 9.97 Å². The molecule has 4 nitrogen and oxygen atoms in total. The Hall–Kier alpha value is -2.15. The Morgan fingerprint density at radius 3 is 2.80 bits per heavy atom. The van der Waals surface area contributed by atoms with Crippen molar-refractivity contribution in [1.82, 2.24) is 9.97 Å². The fourth-order valence-electron chi connectivity index (χ4n) is 1.34. The van der Waals surface area contributed by atoms with Crippen molar-refractivity contribution in [2.24, 2.45) is 0 Å². The highest BCUT2D eigenvalue weighted by molar-refractivity contribution is 5.27. The maximum Gasteiger partial charge on any atom is 0.148 e. The summed E-state index contributed by atoms with van der Waals surface area (Å²) in [5.74, 6) is 0.914. The number of nitrogens with zero attached hydrogens (tertiary/aromatic N) is 3. The molecule has 0 fully saturated rings. The van der Waals surface area contributed by atoms with Crippen LogP contribution in [0.5, 0.6) is 0 Å². The molecule has 74 valence electrons. The molecule has 1 unspecified atom stereocenters. The number of hydrogen-bond donors (Lipinski definition) is 0. The molecule has 2 heterocycles. The maximum absolute atomic E-state index is 9.06. The maximum atomic E-state index is 9.06. The number of nitriles is 1. The van der Waals surface area contributed by atoms with E-state index in [0.717, 1.165) is 5.76 Å². The van der Waals surface area contributed by atoms with Gasteiger partial charge in [-0.3, -0.25) is 9.97 Å². The molecule has 0 aliphatic rings. The van der Waals surface area contributed by atoms with Crippen molar-refractivity contribution in [2.45, 2.75) is 12.8 Å². The van der Waals surface area contributed by atoms with E-state index in [9.17, 15) is 0 Å². The molecule has 0 spiro atoms. The molecule has 0 bridgehead atoms. The quantitative estimate of drug-likeness (QED) is 0.742. The zero-order valence-corrected chi connectivity index (χ0v) is 8.21. The molecular weight excluding hydrogens is 190 g/mol. The first-order valence-electron chi connectivity index (χ1n) is 4.53. The van der Waals surface area contributed by atoms with Crippen molar-refractivity contribution in [2.75, 3.05) is 0 Å². The highest BCUT2D eigenvalue weighted by atomic mass is 16.3. The minimum absolute atomic E-state index is 0.479. The third-order valence-electron chi connectivity index (χ3n) is 2.05. The van der Waals surface area contributed by atoms with Crippen LogP contribution in [0.2, 0.25) is 0 Å². The van der Waals surface area contributed by atoms with E-state index in [0.29, 0.717) is 11.5 Å². The predicted octanol–water partition coefficient (Wildman–Crippen LogP) is 2.03. The van der Waals surface area contributed by atoms with Gasteiger partial charge in [-0.1, -0.05) is 0 Å². The van der Waals surface area contributed by atoms with Gasteiger partial charge in [-0.2, -0.15) is 5.26 Å². The van der Waals surface area contributed by atoms with Crippen LogP contribution in [-0.2, 0) is 0 Å². The molecule has 2 rings (SSSR count). The van der Waals surface area contributed by atoms with E-state index < -0.39 is 5.92 Å². The van der Waals surface area contributed by atoms with E-state index >= 15 is 0 Å². The van der Waals surface area contributed by atoms with E-state index in [1.165, 1.54) is 0 Å². The largest absolute Gasteiger partial charge is 0.465 e. The Labute approximate surface area is 87.2 Å². The Morgan fingerprint density at radius 1 is 1.40 bits per heavy atom. The minimum Gasteiger partial charge on any atom is -0.465 e. The smallest absolute Gasteiger partial charge is 0.148 e. The molecule has 0 aromatic carbocycles. The van der Waals surface area contributed by atoms with Crippen LogP contribution in [0.4, 0.5) is 0 Å². The van der Waals surface area contributed by atoms with Gasteiger partial charge >= 0.3 is 0 Å². The van der Waals surface area contributed by atoms with Gasteiger partial charge in [0, 0.05) is 12.4 Å². The molecule has 0 amide bonds. The zero-order chi connectivity index (χ0) is 10.7. The summed E-state index contributed by atoms with van der Waals surface area (Å²) in [7, 11) is 0. The van der Waals surface area contributed by atoms with Crippen LogP contribution in [0.1, 0.15) is 23.1 Å². The lowest BCUT2D eigenvalue weighted by Gasteiger charge is -2.03. The van der Waals surface area contributed by atoms with Crippen molar-refractivity contribution >= 4 is 0 Å². The van der Waals surface area contributed by atoms with Gasteiger partial charge in [-0.15, -0.1) is 0 Å². The lowest BCUT2D eigenvalue weighted by Crippen LogP contribution is -1.99. The van der Waals surface area contributed by atoms with Gasteiger partial charge in [0.05, 0.1) is 18.0 Å². The second kappa shape index (κ2) is 3.93. The predicted molar refractivity (Wildman–Crippen MR) is 52.9 cm³/mol. The van der Waals surface area contributed by atoms with Gasteiger partial charge in [0.15, 0.2) is 0 Å². The fourth-order valence-corrected chi connectivity index (χ4v) is 1.34. The molecule has 0 radical (unpaired) electrons. The number of aromatic nitrogens is 2. The summed E-state index contributed by atoms with van der Waals surface area (Å²) in [5.41, 5.74) is 0.606. The Balaban J connectivity index is 2.38. The third-order valence-corrected chi connectivity index (χ3v) is 2.05. The minimum atomic E-state index is -0.479. The van der Waals surface area contributed by atoms with Crippen LogP contribution in [0.15, 0.2) is 35.1 Å². The highest BCUT2D eigenvalue weighted by Crippen LogP contribution is 2.23. The summed E-state index contributed by atoms with van der Waals surface area (Å²) in [5, 5.41) is 9.06. The van der Waals surface area contributed by atoms with Crippen LogP contribution in [0, 0.1) is 18.3 Å². The van der Waals surface area contributed by atoms with Crippen LogP contribution >= 0.6 is 0 Å². The number of hydrogen-bond acceptors (Lipinski definition) is 4. The molecule has 0 aliphatic heterocycles. The summed E-state index contributed by atoms with van der Waals surface area (Å²) in [6.07, 6.45) is 4.71. The summed E-state index contributed by atoms with van der Waals surface area (Å²) in [4.78, 5) is 8.02. The summed E-state index contributed by atoms with van der Waals surface area (Å²) in [6, 6.07) is 5.77. The molecule has 0 saturated heterocycles. The first kappa shape index (κ1) is 9.41. The average molecular weight is 199 g/mol. The fraction of sp³-hybridized carbons (Fsp3) is 0.182. The van der Waals surface area contributed by atoms with Gasteiger partial charge in [0.1, 0.15) is 17.4 Å². The van der Waals surface area contributed by atoms with Gasteiger partial charge in [-0.25, -0.2) is 0 Å². The van der Waals surface area contributed by atoms with Gasteiger partial charge in [-0.05, 0) is 19.1 Å². The highest BCUT2D eigenvalue weighted by Gasteiger charge is 2.18. The van der Waals surface area contributed by atoms with Crippen molar-refractivity contribution in [3.8, 4) is 6.07 Å². The van der Waals surface area contributed by atoms with E-state index in [4.69, 9.17) is 9.68 Å². The van der Waals surface area contributed by atoms with E-state index in [1.807, 2.05) is 13.0 Å². The van der Waals surface area contributed by atoms with E-state index in [2.05, 4.69) is 16.0 Å². The van der Waals surface area contributed by atoms with Crippen LogP contribution < -0.4 is 0 Å². The molecule has 0 saturated carbocycles. The summed E-state index contributed by atoms with van der Waals surface area (Å²) < 4.78 is 5.40. The summed E-state index contributed by atoms with van der Waals surface area (Å²) >= 11 is 0. The standard InChI is InChI=1S/C11H9N3O/c1-8-2-3-11(15-8)9(6-12)10-7-13-4-5-14-10/h2-5,7,9H,1H3. The van der Waals surface area contributed by atoms with E-state index in [-0.39, 0.29) is 0 Å². The van der Waals surface area contributed by atoms with E-state index in [1.54, 1.807) is 24.7 Å². The second-order valence-corrected chi connectivity index (χ2v) is 3.14. The normalized spacial score (nSPS) is 12.0. The molecule has 0 N–H and O–H groups in total. The third kappa shape index (κ3) is 1.86. The molecule has 15 heavy (non-hydrogen) atoms. The second-order valence-electron chi connectivity index (χ2n) is 3.14. The Morgan fingerprint density at radius 2 is 2.27 bits per heavy atom. The Bertz CT molecular complexity index is 484. The van der Waals surface area contributed by atoms with Crippen molar-refractivity contribution in [1.29, 1.82) is 5.26 Å². The van der Waals surface area contributed by atoms with Crippen molar-refractivity contribution in [3.05, 3.63) is 47.9 Å². The lowest BCUT2D eigenvalue weighted by atomic mass is 10.1. The molecule has 0 aliphatic carbocycles. The molecule has 1 atom stereocenters. The first-order chi connectivity index (χ1) is 7.31. The van der Waals surface area contributed by atoms with Crippen molar-refractivity contribution in [3.63, 3.8) is 0 Å². The van der Waals surface area contributed by atoms with Crippen LogP contribution in [0.3, 0.4) is 0 Å². The molecule has 2 aromatic heterocycles. The molecule has 4 heteroatoms. The number of rotatable bonds is 2. The van der Waals surface area contributed by atoms with Gasteiger partial charge < -0.3 is 4.42 Å².